The highest BCUT2D eigenvalue weighted by atomic mass is 32.2. The Morgan fingerprint density at radius 3 is 2.70 bits per heavy atom. The van der Waals surface area contributed by atoms with Crippen LogP contribution in [0.4, 0.5) is 0 Å². The van der Waals surface area contributed by atoms with Crippen LogP contribution in [0.25, 0.3) is 17.0 Å². The quantitative estimate of drug-likeness (QED) is 0.665. The molecular weight excluding hydrogens is 314 g/mol. The molecule has 7 nitrogen and oxygen atoms in total. The predicted octanol–water partition coefficient (Wildman–Crippen LogP) is 2.42. The molecule has 8 heteroatoms. The van der Waals surface area contributed by atoms with Gasteiger partial charge in [0.25, 0.3) is 0 Å². The van der Waals surface area contributed by atoms with Crippen molar-refractivity contribution in [2.75, 3.05) is 20.0 Å². The van der Waals surface area contributed by atoms with Gasteiger partial charge in [0.15, 0.2) is 23.0 Å². The maximum Gasteiger partial charge on any atom is 0.185 e. The highest BCUT2D eigenvalue weighted by Gasteiger charge is 2.13. The zero-order chi connectivity index (χ0) is 16.2. The first-order valence-electron chi connectivity index (χ1n) is 6.71. The normalized spacial score (nSPS) is 10.5. The zero-order valence-electron chi connectivity index (χ0n) is 12.6. The van der Waals surface area contributed by atoms with E-state index >= 15 is 0 Å². The molecule has 0 N–H and O–H groups in total. The minimum Gasteiger partial charge on any atom is -0.493 e. The summed E-state index contributed by atoms with van der Waals surface area (Å²) >= 11 is 1.36. The largest absolute Gasteiger partial charge is 0.493 e. The summed E-state index contributed by atoms with van der Waals surface area (Å²) in [6.07, 6.45) is 0. The first-order chi connectivity index (χ1) is 11.3. The van der Waals surface area contributed by atoms with Crippen LogP contribution in [0.5, 0.6) is 11.5 Å². The Morgan fingerprint density at radius 1 is 1.13 bits per heavy atom. The van der Waals surface area contributed by atoms with Crippen LogP contribution in [0.2, 0.25) is 0 Å². The Kier molecular flexibility index (Phi) is 4.30. The number of nitrogens with zero attached hydrogens (tertiary/aromatic N) is 5. The molecule has 3 rings (SSSR count). The molecule has 0 spiro atoms. The maximum atomic E-state index is 8.68. The van der Waals surface area contributed by atoms with E-state index in [0.29, 0.717) is 28.7 Å². The summed E-state index contributed by atoms with van der Waals surface area (Å²) in [6.45, 7) is 0. The Morgan fingerprint density at radius 2 is 1.96 bits per heavy atom. The molecule has 0 bridgehead atoms. The van der Waals surface area contributed by atoms with Crippen LogP contribution in [0.1, 0.15) is 0 Å². The molecular formula is C15H13N5O2S. The molecule has 0 fully saturated rings. The number of rotatable bonds is 5. The number of thioether (sulfide) groups is 1. The lowest BCUT2D eigenvalue weighted by molar-refractivity contribution is 0.355. The minimum absolute atomic E-state index is 0.340. The lowest BCUT2D eigenvalue weighted by atomic mass is 10.2. The number of benzene rings is 1. The van der Waals surface area contributed by atoms with Crippen molar-refractivity contribution in [1.82, 2.24) is 19.8 Å². The summed E-state index contributed by atoms with van der Waals surface area (Å²) in [6, 6.07) is 11.2. The van der Waals surface area contributed by atoms with E-state index in [4.69, 9.17) is 14.7 Å². The third-order valence-corrected chi connectivity index (χ3v) is 3.95. The molecule has 0 aliphatic heterocycles. The van der Waals surface area contributed by atoms with Crippen molar-refractivity contribution in [2.24, 2.45) is 0 Å². The molecule has 23 heavy (non-hydrogen) atoms. The van der Waals surface area contributed by atoms with Crippen LogP contribution in [0.15, 0.2) is 35.4 Å². The van der Waals surface area contributed by atoms with E-state index in [0.717, 1.165) is 10.6 Å². The fourth-order valence-electron chi connectivity index (χ4n) is 2.11. The summed E-state index contributed by atoms with van der Waals surface area (Å²) < 4.78 is 12.2. The van der Waals surface area contributed by atoms with Crippen LogP contribution < -0.4 is 9.47 Å². The molecule has 0 radical (unpaired) electrons. The average Bonchev–Trinajstić information content (AvgIpc) is 3.02. The molecule has 0 unspecified atom stereocenters. The first-order valence-corrected chi connectivity index (χ1v) is 7.70. The van der Waals surface area contributed by atoms with E-state index in [-0.39, 0.29) is 0 Å². The van der Waals surface area contributed by atoms with Crippen molar-refractivity contribution in [3.8, 4) is 29.0 Å². The van der Waals surface area contributed by atoms with Gasteiger partial charge in [-0.3, -0.25) is 0 Å². The molecule has 2 heterocycles. The second-order valence-electron chi connectivity index (χ2n) is 4.48. The second-order valence-corrected chi connectivity index (χ2v) is 5.48. The lowest BCUT2D eigenvalue weighted by Gasteiger charge is -2.08. The number of ether oxygens (including phenoxy) is 2. The SMILES string of the molecule is COc1ccc(-c2nnc3ccc(SCC#N)nn23)cc1OC. The fourth-order valence-corrected chi connectivity index (χ4v) is 2.63. The van der Waals surface area contributed by atoms with E-state index in [9.17, 15) is 0 Å². The topological polar surface area (TPSA) is 85.3 Å². The van der Waals surface area contributed by atoms with Gasteiger partial charge in [0.2, 0.25) is 0 Å². The summed E-state index contributed by atoms with van der Waals surface area (Å²) in [4.78, 5) is 0. The van der Waals surface area contributed by atoms with Gasteiger partial charge in [0, 0.05) is 5.56 Å². The second kappa shape index (κ2) is 6.54. The first kappa shape index (κ1) is 15.1. The number of fused-ring (bicyclic) bond motifs is 1. The number of hydrogen-bond acceptors (Lipinski definition) is 7. The van der Waals surface area contributed by atoms with Gasteiger partial charge in [-0.05, 0) is 30.3 Å². The molecule has 0 aliphatic rings. The summed E-state index contributed by atoms with van der Waals surface area (Å²) in [5, 5.41) is 22.2. The molecule has 0 atom stereocenters. The van der Waals surface area contributed by atoms with Crippen molar-refractivity contribution in [1.29, 1.82) is 5.26 Å². The van der Waals surface area contributed by atoms with Crippen molar-refractivity contribution >= 4 is 17.4 Å². The summed E-state index contributed by atoms with van der Waals surface area (Å²) in [7, 11) is 3.17. The van der Waals surface area contributed by atoms with Crippen molar-refractivity contribution < 1.29 is 9.47 Å². The van der Waals surface area contributed by atoms with Gasteiger partial charge in [-0.1, -0.05) is 11.8 Å². The molecule has 0 saturated heterocycles. The third-order valence-electron chi connectivity index (χ3n) is 3.16. The van der Waals surface area contributed by atoms with Crippen LogP contribution in [-0.4, -0.2) is 39.8 Å². The molecule has 0 aliphatic carbocycles. The molecule has 1 aromatic carbocycles. The number of methoxy groups -OCH3 is 2. The number of aromatic nitrogens is 4. The Bertz CT molecular complexity index is 887. The molecule has 3 aromatic rings. The van der Waals surface area contributed by atoms with E-state index < -0.39 is 0 Å². The van der Waals surface area contributed by atoms with Gasteiger partial charge >= 0.3 is 0 Å². The van der Waals surface area contributed by atoms with Crippen LogP contribution in [0.3, 0.4) is 0 Å². The Labute approximate surface area is 136 Å². The van der Waals surface area contributed by atoms with E-state index in [1.165, 1.54) is 11.8 Å². The number of nitriles is 1. The molecule has 0 amide bonds. The van der Waals surface area contributed by atoms with Crippen molar-refractivity contribution in [2.45, 2.75) is 5.03 Å². The van der Waals surface area contributed by atoms with Crippen molar-refractivity contribution in [3.05, 3.63) is 30.3 Å². The third kappa shape index (κ3) is 2.91. The highest BCUT2D eigenvalue weighted by molar-refractivity contribution is 7.99. The van der Waals surface area contributed by atoms with Gasteiger partial charge in [-0.25, -0.2) is 0 Å². The molecule has 0 saturated carbocycles. The van der Waals surface area contributed by atoms with Gasteiger partial charge in [-0.15, -0.1) is 10.2 Å². The summed E-state index contributed by atoms with van der Waals surface area (Å²) in [5.74, 6) is 2.19. The Hall–Kier alpha value is -2.79. The van der Waals surface area contributed by atoms with E-state index in [1.807, 2.05) is 30.3 Å². The van der Waals surface area contributed by atoms with Crippen molar-refractivity contribution in [3.63, 3.8) is 0 Å². The average molecular weight is 327 g/mol. The zero-order valence-corrected chi connectivity index (χ0v) is 13.4. The van der Waals surface area contributed by atoms with Gasteiger partial charge < -0.3 is 9.47 Å². The molecule has 116 valence electrons. The monoisotopic (exact) mass is 327 g/mol. The standard InChI is InChI=1S/C15H13N5O2S/c1-21-11-4-3-10(9-12(11)22-2)15-18-17-13-5-6-14(19-20(13)15)23-8-7-16/h3-6,9H,8H2,1-2H3. The lowest BCUT2D eigenvalue weighted by Crippen LogP contribution is -1.97. The van der Waals surface area contributed by atoms with Gasteiger partial charge in [0.1, 0.15) is 5.03 Å². The minimum atomic E-state index is 0.340. The van der Waals surface area contributed by atoms with E-state index in [1.54, 1.807) is 18.7 Å². The number of hydrogen-bond donors (Lipinski definition) is 0. The van der Waals surface area contributed by atoms with Gasteiger partial charge in [0.05, 0.1) is 26.0 Å². The van der Waals surface area contributed by atoms with E-state index in [2.05, 4.69) is 21.4 Å². The van der Waals surface area contributed by atoms with Gasteiger partial charge in [-0.2, -0.15) is 14.9 Å². The fraction of sp³-hybridized carbons (Fsp3) is 0.200. The Balaban J connectivity index is 2.07. The van der Waals surface area contributed by atoms with Crippen LogP contribution in [-0.2, 0) is 0 Å². The predicted molar refractivity (Wildman–Crippen MR) is 85.7 cm³/mol. The molecule has 2 aromatic heterocycles. The maximum absolute atomic E-state index is 8.68. The smallest absolute Gasteiger partial charge is 0.185 e. The highest BCUT2D eigenvalue weighted by Crippen LogP contribution is 2.31. The van der Waals surface area contributed by atoms with Crippen LogP contribution >= 0.6 is 11.8 Å². The van der Waals surface area contributed by atoms with Crippen LogP contribution in [0, 0.1) is 11.3 Å². The summed E-state index contributed by atoms with van der Waals surface area (Å²) in [5.41, 5.74) is 1.45.